The summed E-state index contributed by atoms with van der Waals surface area (Å²) in [4.78, 5) is 29.3. The molecule has 3 amide bonds. The molecule has 178 valence electrons. The van der Waals surface area contributed by atoms with Crippen molar-refractivity contribution in [2.75, 3.05) is 25.0 Å². The van der Waals surface area contributed by atoms with Crippen molar-refractivity contribution in [1.82, 2.24) is 9.80 Å². The lowest BCUT2D eigenvalue weighted by Gasteiger charge is -2.36. The number of unbranched alkanes of at least 4 members (excludes halogenated alkanes) is 2. The van der Waals surface area contributed by atoms with Gasteiger partial charge in [-0.25, -0.2) is 4.79 Å². The normalized spacial score (nSPS) is 15.7. The van der Waals surface area contributed by atoms with Gasteiger partial charge in [-0.3, -0.25) is 4.79 Å². The Balaban J connectivity index is 1.71. The van der Waals surface area contributed by atoms with Crippen molar-refractivity contribution in [3.63, 3.8) is 0 Å². The summed E-state index contributed by atoms with van der Waals surface area (Å²) < 4.78 is 39.0. The second-order valence-electron chi connectivity index (χ2n) is 8.35. The Labute approximate surface area is 192 Å². The molecule has 0 fully saturated rings. The molecule has 5 nitrogen and oxygen atoms in total. The molecule has 33 heavy (non-hydrogen) atoms. The predicted molar refractivity (Wildman–Crippen MR) is 122 cm³/mol. The molecule has 0 aliphatic carbocycles. The molecule has 1 N–H and O–H groups in total. The van der Waals surface area contributed by atoms with E-state index in [-0.39, 0.29) is 24.2 Å². The number of rotatable bonds is 7. The number of amides is 3. The maximum Gasteiger partial charge on any atom is 0.416 e. The van der Waals surface area contributed by atoms with Gasteiger partial charge in [0.05, 0.1) is 11.6 Å². The number of halogens is 3. The van der Waals surface area contributed by atoms with Gasteiger partial charge in [0.15, 0.2) is 0 Å². The molecule has 8 heteroatoms. The first-order chi connectivity index (χ1) is 15.7. The van der Waals surface area contributed by atoms with E-state index < -0.39 is 17.8 Å². The second-order valence-corrected chi connectivity index (χ2v) is 8.35. The number of nitrogens with zero attached hydrogens (tertiary/aromatic N) is 2. The number of nitrogens with one attached hydrogen (secondary N) is 1. The minimum atomic E-state index is -4.50. The molecule has 0 aromatic heterocycles. The minimum absolute atomic E-state index is 0.0445. The Morgan fingerprint density at radius 2 is 1.88 bits per heavy atom. The van der Waals surface area contributed by atoms with E-state index >= 15 is 0 Å². The zero-order valence-electron chi connectivity index (χ0n) is 19.0. The summed E-state index contributed by atoms with van der Waals surface area (Å²) in [6.45, 7) is 4.80. The van der Waals surface area contributed by atoms with E-state index in [1.807, 2.05) is 32.0 Å². The topological polar surface area (TPSA) is 52.7 Å². The molecule has 0 bridgehead atoms. The molecule has 0 saturated carbocycles. The highest BCUT2D eigenvalue weighted by atomic mass is 19.4. The fourth-order valence-electron chi connectivity index (χ4n) is 4.15. The fraction of sp³-hybridized carbons (Fsp3) is 0.440. The molecule has 1 atom stereocenters. The van der Waals surface area contributed by atoms with Gasteiger partial charge in [0.1, 0.15) is 6.54 Å². The highest BCUT2D eigenvalue weighted by Crippen LogP contribution is 2.31. The summed E-state index contributed by atoms with van der Waals surface area (Å²) in [5.74, 6) is -0.173. The van der Waals surface area contributed by atoms with Crippen LogP contribution in [0.3, 0.4) is 0 Å². The molecule has 1 heterocycles. The third-order valence-electron chi connectivity index (χ3n) is 6.00. The third-order valence-corrected chi connectivity index (χ3v) is 6.00. The molecule has 3 rings (SSSR count). The van der Waals surface area contributed by atoms with Crippen LogP contribution in [0.5, 0.6) is 0 Å². The quantitative estimate of drug-likeness (QED) is 0.524. The van der Waals surface area contributed by atoms with E-state index in [0.29, 0.717) is 19.5 Å². The van der Waals surface area contributed by atoms with Gasteiger partial charge in [0.2, 0.25) is 5.91 Å². The Kier molecular flexibility index (Phi) is 8.00. The van der Waals surface area contributed by atoms with Crippen LogP contribution in [0, 0.1) is 0 Å². The van der Waals surface area contributed by atoms with Gasteiger partial charge >= 0.3 is 12.2 Å². The van der Waals surface area contributed by atoms with Gasteiger partial charge < -0.3 is 15.1 Å². The first kappa shape index (κ1) is 24.6. The van der Waals surface area contributed by atoms with E-state index in [0.717, 1.165) is 37.0 Å². The fourth-order valence-corrected chi connectivity index (χ4v) is 4.15. The SMILES string of the molecule is CCCCCN(CC(=O)N1CCc2ccccc2C1C)C(=O)Nc1cccc(C(F)(F)F)c1. The van der Waals surface area contributed by atoms with Gasteiger partial charge in [-0.15, -0.1) is 0 Å². The van der Waals surface area contributed by atoms with Gasteiger partial charge in [-0.1, -0.05) is 50.1 Å². The number of benzene rings is 2. The van der Waals surface area contributed by atoms with Crippen LogP contribution in [0.15, 0.2) is 48.5 Å². The average Bonchev–Trinajstić information content (AvgIpc) is 2.78. The van der Waals surface area contributed by atoms with Crippen LogP contribution in [-0.2, 0) is 17.4 Å². The first-order valence-electron chi connectivity index (χ1n) is 11.3. The largest absolute Gasteiger partial charge is 0.416 e. The Morgan fingerprint density at radius 1 is 1.12 bits per heavy atom. The molecule has 1 unspecified atom stereocenters. The number of carbonyl (C=O) groups excluding carboxylic acids is 2. The maximum absolute atomic E-state index is 13.2. The van der Waals surface area contributed by atoms with Crippen molar-refractivity contribution in [1.29, 1.82) is 0 Å². The number of hydrogen-bond donors (Lipinski definition) is 1. The first-order valence-corrected chi connectivity index (χ1v) is 11.3. The van der Waals surface area contributed by atoms with Crippen LogP contribution in [0.2, 0.25) is 0 Å². The number of fused-ring (bicyclic) bond motifs is 1. The maximum atomic E-state index is 13.2. The summed E-state index contributed by atoms with van der Waals surface area (Å²) in [7, 11) is 0. The standard InChI is InChI=1S/C25H30F3N3O2/c1-3-4-7-14-30(24(33)29-21-11-8-10-20(16-21)25(26,27)28)17-23(32)31-15-13-19-9-5-6-12-22(19)18(31)2/h5-6,8-12,16,18H,3-4,7,13-15,17H2,1-2H3,(H,29,33). The predicted octanol–water partition coefficient (Wildman–Crippen LogP) is 5.88. The molecule has 1 aliphatic rings. The summed E-state index contributed by atoms with van der Waals surface area (Å²) in [5.41, 5.74) is 1.52. The molecule has 2 aromatic carbocycles. The van der Waals surface area contributed by atoms with Gasteiger partial charge in [0.25, 0.3) is 0 Å². The zero-order valence-corrected chi connectivity index (χ0v) is 19.0. The van der Waals surface area contributed by atoms with Crippen molar-refractivity contribution in [2.24, 2.45) is 0 Å². The number of urea groups is 1. The highest BCUT2D eigenvalue weighted by Gasteiger charge is 2.31. The van der Waals surface area contributed by atoms with Crippen LogP contribution in [-0.4, -0.2) is 41.4 Å². The Hall–Kier alpha value is -3.03. The summed E-state index contributed by atoms with van der Waals surface area (Å²) in [6.07, 6.45) is -1.22. The number of alkyl halides is 3. The van der Waals surface area contributed by atoms with E-state index in [9.17, 15) is 22.8 Å². The second kappa shape index (κ2) is 10.7. The molecule has 0 radical (unpaired) electrons. The lowest BCUT2D eigenvalue weighted by atomic mass is 9.93. The highest BCUT2D eigenvalue weighted by molar-refractivity contribution is 5.92. The summed E-state index contributed by atoms with van der Waals surface area (Å²) >= 11 is 0. The molecule has 1 aliphatic heterocycles. The molecule has 0 saturated heterocycles. The number of anilines is 1. The van der Waals surface area contributed by atoms with Crippen molar-refractivity contribution >= 4 is 17.6 Å². The Bertz CT molecular complexity index is 977. The van der Waals surface area contributed by atoms with Gasteiger partial charge in [-0.2, -0.15) is 13.2 Å². The van der Waals surface area contributed by atoms with E-state index in [1.54, 1.807) is 4.90 Å². The van der Waals surface area contributed by atoms with Crippen LogP contribution in [0.1, 0.15) is 55.8 Å². The average molecular weight is 462 g/mol. The van der Waals surface area contributed by atoms with Crippen LogP contribution in [0.4, 0.5) is 23.7 Å². The third kappa shape index (κ3) is 6.27. The Morgan fingerprint density at radius 3 is 2.61 bits per heavy atom. The van der Waals surface area contributed by atoms with Crippen molar-refractivity contribution in [3.8, 4) is 0 Å². The van der Waals surface area contributed by atoms with Crippen LogP contribution in [0.25, 0.3) is 0 Å². The van der Waals surface area contributed by atoms with Crippen LogP contribution < -0.4 is 5.32 Å². The number of hydrogen-bond acceptors (Lipinski definition) is 2. The lowest BCUT2D eigenvalue weighted by molar-refractivity contribution is -0.137. The molecule has 0 spiro atoms. The van der Waals surface area contributed by atoms with Gasteiger partial charge in [-0.05, 0) is 49.1 Å². The number of carbonyl (C=O) groups is 2. The van der Waals surface area contributed by atoms with E-state index in [4.69, 9.17) is 0 Å². The lowest BCUT2D eigenvalue weighted by Crippen LogP contribution is -2.47. The summed E-state index contributed by atoms with van der Waals surface area (Å²) in [6, 6.07) is 11.8. The van der Waals surface area contributed by atoms with Crippen molar-refractivity contribution in [2.45, 2.75) is 51.7 Å². The zero-order chi connectivity index (χ0) is 24.0. The van der Waals surface area contributed by atoms with Crippen molar-refractivity contribution in [3.05, 3.63) is 65.2 Å². The molecular weight excluding hydrogens is 431 g/mol. The van der Waals surface area contributed by atoms with Crippen LogP contribution >= 0.6 is 0 Å². The van der Waals surface area contributed by atoms with E-state index in [2.05, 4.69) is 11.4 Å². The van der Waals surface area contributed by atoms with E-state index in [1.165, 1.54) is 22.6 Å². The van der Waals surface area contributed by atoms with Crippen molar-refractivity contribution < 1.29 is 22.8 Å². The molecule has 2 aromatic rings. The van der Waals surface area contributed by atoms with Gasteiger partial charge in [0, 0.05) is 18.8 Å². The minimum Gasteiger partial charge on any atom is -0.334 e. The smallest absolute Gasteiger partial charge is 0.334 e. The monoisotopic (exact) mass is 461 g/mol. The summed E-state index contributed by atoms with van der Waals surface area (Å²) in [5, 5.41) is 2.53. The molecular formula is C25H30F3N3O2.